The van der Waals surface area contributed by atoms with Gasteiger partial charge in [-0.2, -0.15) is 0 Å². The van der Waals surface area contributed by atoms with E-state index >= 15 is 0 Å². The highest BCUT2D eigenvalue weighted by Crippen LogP contribution is 2.39. The molecule has 3 heteroatoms. The van der Waals surface area contributed by atoms with Crippen molar-refractivity contribution in [2.24, 2.45) is 17.7 Å². The quantitative estimate of drug-likeness (QED) is 0.496. The number of methoxy groups -OCH3 is 1. The summed E-state index contributed by atoms with van der Waals surface area (Å²) >= 11 is 0. The van der Waals surface area contributed by atoms with Crippen LogP contribution in [0.4, 0.5) is 0 Å². The number of hydrogen-bond donors (Lipinski definition) is 2. The zero-order valence-corrected chi connectivity index (χ0v) is 14.1. The second kappa shape index (κ2) is 9.01. The van der Waals surface area contributed by atoms with Crippen molar-refractivity contribution in [1.82, 2.24) is 5.43 Å². The Bertz CT molecular complexity index is 249. The molecule has 0 spiro atoms. The lowest BCUT2D eigenvalue weighted by Crippen LogP contribution is -2.56. The molecule has 20 heavy (non-hydrogen) atoms. The van der Waals surface area contributed by atoms with Crippen LogP contribution in [0.2, 0.25) is 0 Å². The first kappa shape index (κ1) is 17.9. The largest absolute Gasteiger partial charge is 0.377 e. The molecule has 0 heterocycles. The smallest absolute Gasteiger partial charge is 0.0844 e. The Morgan fingerprint density at radius 1 is 1.30 bits per heavy atom. The van der Waals surface area contributed by atoms with Crippen LogP contribution in [0.15, 0.2) is 0 Å². The highest BCUT2D eigenvalue weighted by atomic mass is 16.5. The molecule has 0 aromatic heterocycles. The van der Waals surface area contributed by atoms with Crippen LogP contribution in [0.25, 0.3) is 0 Å². The first-order chi connectivity index (χ1) is 9.61. The number of hydrazine groups is 1. The predicted octanol–water partition coefficient (Wildman–Crippen LogP) is 4.02. The van der Waals surface area contributed by atoms with Gasteiger partial charge in [0.2, 0.25) is 0 Å². The second-order valence-corrected chi connectivity index (χ2v) is 6.82. The molecular formula is C17H36N2O. The van der Waals surface area contributed by atoms with E-state index < -0.39 is 0 Å². The Morgan fingerprint density at radius 3 is 2.40 bits per heavy atom. The standard InChI is InChI=1S/C17H36N2O/c1-5-7-8-15(6-2)13-16(19-18)17(20-4)11-9-14(3)10-12-17/h14-16,19H,5-13,18H2,1-4H3. The minimum atomic E-state index is -0.0408. The number of unbranched alkanes of at least 4 members (excludes halogenated alkanes) is 1. The van der Waals surface area contributed by atoms with Gasteiger partial charge in [-0.05, 0) is 43.9 Å². The lowest BCUT2D eigenvalue weighted by atomic mass is 9.72. The SMILES string of the molecule is CCCCC(CC)CC(NN)C1(OC)CCC(C)CC1. The van der Waals surface area contributed by atoms with E-state index in [0.29, 0.717) is 6.04 Å². The molecule has 1 aliphatic carbocycles. The predicted molar refractivity (Wildman–Crippen MR) is 86.4 cm³/mol. The first-order valence-electron chi connectivity index (χ1n) is 8.63. The summed E-state index contributed by atoms with van der Waals surface area (Å²) in [4.78, 5) is 0. The van der Waals surface area contributed by atoms with Gasteiger partial charge in [0.1, 0.15) is 0 Å². The Kier molecular flexibility index (Phi) is 8.08. The van der Waals surface area contributed by atoms with E-state index in [1.165, 1.54) is 38.5 Å². The third-order valence-corrected chi connectivity index (χ3v) is 5.48. The fourth-order valence-electron chi connectivity index (χ4n) is 3.70. The number of hydrogen-bond acceptors (Lipinski definition) is 3. The maximum Gasteiger partial charge on any atom is 0.0844 e. The zero-order valence-electron chi connectivity index (χ0n) is 14.1. The van der Waals surface area contributed by atoms with E-state index in [4.69, 9.17) is 10.6 Å². The van der Waals surface area contributed by atoms with Gasteiger partial charge in [0, 0.05) is 7.11 Å². The normalized spacial score (nSPS) is 30.1. The summed E-state index contributed by atoms with van der Waals surface area (Å²) in [6.07, 6.45) is 11.1. The topological polar surface area (TPSA) is 47.3 Å². The minimum Gasteiger partial charge on any atom is -0.377 e. The Labute approximate surface area is 126 Å². The third-order valence-electron chi connectivity index (χ3n) is 5.48. The number of ether oxygens (including phenoxy) is 1. The molecule has 2 atom stereocenters. The van der Waals surface area contributed by atoms with E-state index in [0.717, 1.165) is 31.1 Å². The van der Waals surface area contributed by atoms with Gasteiger partial charge in [0.25, 0.3) is 0 Å². The molecule has 0 aromatic carbocycles. The summed E-state index contributed by atoms with van der Waals surface area (Å²) in [7, 11) is 1.87. The van der Waals surface area contributed by atoms with E-state index in [9.17, 15) is 0 Å². The maximum absolute atomic E-state index is 5.99. The number of rotatable bonds is 9. The van der Waals surface area contributed by atoms with Crippen molar-refractivity contribution in [2.75, 3.05) is 7.11 Å². The van der Waals surface area contributed by atoms with Gasteiger partial charge in [-0.25, -0.2) is 0 Å². The molecule has 1 fully saturated rings. The van der Waals surface area contributed by atoms with Gasteiger partial charge in [-0.3, -0.25) is 11.3 Å². The van der Waals surface area contributed by atoms with Crippen LogP contribution in [-0.4, -0.2) is 18.8 Å². The van der Waals surface area contributed by atoms with Gasteiger partial charge in [0.05, 0.1) is 11.6 Å². The molecule has 3 nitrogen and oxygen atoms in total. The molecule has 1 rings (SSSR count). The van der Waals surface area contributed by atoms with E-state index in [1.807, 2.05) is 7.11 Å². The van der Waals surface area contributed by atoms with Crippen molar-refractivity contribution in [3.8, 4) is 0 Å². The molecule has 0 radical (unpaired) electrons. The van der Waals surface area contributed by atoms with Crippen molar-refractivity contribution in [1.29, 1.82) is 0 Å². The number of nitrogens with one attached hydrogen (secondary N) is 1. The van der Waals surface area contributed by atoms with Crippen LogP contribution >= 0.6 is 0 Å². The molecule has 0 saturated heterocycles. The average molecular weight is 284 g/mol. The van der Waals surface area contributed by atoms with Crippen LogP contribution < -0.4 is 11.3 Å². The monoisotopic (exact) mass is 284 g/mol. The van der Waals surface area contributed by atoms with Gasteiger partial charge >= 0.3 is 0 Å². The number of nitrogens with two attached hydrogens (primary N) is 1. The summed E-state index contributed by atoms with van der Waals surface area (Å²) in [6, 6.07) is 0.293. The fraction of sp³-hybridized carbons (Fsp3) is 1.00. The highest BCUT2D eigenvalue weighted by molar-refractivity contribution is 4.96. The Balaban J connectivity index is 2.66. The fourth-order valence-corrected chi connectivity index (χ4v) is 3.70. The van der Waals surface area contributed by atoms with Crippen LogP contribution in [0.1, 0.15) is 78.6 Å². The van der Waals surface area contributed by atoms with Crippen LogP contribution in [0, 0.1) is 11.8 Å². The molecule has 0 amide bonds. The van der Waals surface area contributed by atoms with Gasteiger partial charge in [0.15, 0.2) is 0 Å². The minimum absolute atomic E-state index is 0.0408. The molecule has 0 aliphatic heterocycles. The van der Waals surface area contributed by atoms with Gasteiger partial charge in [-0.1, -0.05) is 46.5 Å². The van der Waals surface area contributed by atoms with E-state index in [2.05, 4.69) is 26.2 Å². The summed E-state index contributed by atoms with van der Waals surface area (Å²) in [5.74, 6) is 7.50. The Morgan fingerprint density at radius 2 is 1.95 bits per heavy atom. The summed E-state index contributed by atoms with van der Waals surface area (Å²) in [5, 5.41) is 0. The average Bonchev–Trinajstić information content (AvgIpc) is 2.49. The van der Waals surface area contributed by atoms with Crippen LogP contribution in [0.5, 0.6) is 0 Å². The van der Waals surface area contributed by atoms with E-state index in [1.54, 1.807) is 0 Å². The summed E-state index contributed by atoms with van der Waals surface area (Å²) in [5.41, 5.74) is 3.05. The zero-order chi connectivity index (χ0) is 15.0. The molecule has 3 N–H and O–H groups in total. The van der Waals surface area contributed by atoms with Crippen LogP contribution in [-0.2, 0) is 4.74 Å². The van der Waals surface area contributed by atoms with Crippen LogP contribution in [0.3, 0.4) is 0 Å². The molecule has 0 bridgehead atoms. The lowest BCUT2D eigenvalue weighted by molar-refractivity contribution is -0.0800. The van der Waals surface area contributed by atoms with Crippen molar-refractivity contribution in [3.05, 3.63) is 0 Å². The van der Waals surface area contributed by atoms with Gasteiger partial charge in [-0.15, -0.1) is 0 Å². The molecule has 1 saturated carbocycles. The molecule has 0 aromatic rings. The van der Waals surface area contributed by atoms with Crippen molar-refractivity contribution >= 4 is 0 Å². The summed E-state index contributed by atoms with van der Waals surface area (Å²) in [6.45, 7) is 6.92. The maximum atomic E-state index is 5.99. The molecule has 120 valence electrons. The Hall–Kier alpha value is -0.120. The molecule has 1 aliphatic rings. The van der Waals surface area contributed by atoms with E-state index in [-0.39, 0.29) is 5.60 Å². The summed E-state index contributed by atoms with van der Waals surface area (Å²) < 4.78 is 5.99. The van der Waals surface area contributed by atoms with Crippen molar-refractivity contribution in [3.63, 3.8) is 0 Å². The first-order valence-corrected chi connectivity index (χ1v) is 8.63. The van der Waals surface area contributed by atoms with Gasteiger partial charge < -0.3 is 4.74 Å². The second-order valence-electron chi connectivity index (χ2n) is 6.82. The highest BCUT2D eigenvalue weighted by Gasteiger charge is 2.41. The lowest BCUT2D eigenvalue weighted by Gasteiger charge is -2.44. The third kappa shape index (κ3) is 4.71. The van der Waals surface area contributed by atoms with Crippen molar-refractivity contribution < 1.29 is 4.74 Å². The van der Waals surface area contributed by atoms with Crippen molar-refractivity contribution in [2.45, 2.75) is 90.2 Å². The molecule has 2 unspecified atom stereocenters. The molecular weight excluding hydrogens is 248 g/mol.